The van der Waals surface area contributed by atoms with E-state index in [0.717, 1.165) is 42.3 Å². The van der Waals surface area contributed by atoms with Crippen LogP contribution in [-0.2, 0) is 16.0 Å². The molecule has 0 saturated carbocycles. The number of ketones is 1. The van der Waals surface area contributed by atoms with E-state index in [-0.39, 0.29) is 0 Å². The molecule has 0 aliphatic heterocycles. The number of carboxylic acid groups (broad SMARTS) is 1. The Balaban J connectivity index is 1.35. The summed E-state index contributed by atoms with van der Waals surface area (Å²) in [6.45, 7) is 0. The number of unbranched alkanes of at least 4 members (excludes halogenated alkanes) is 12. The average Bonchev–Trinajstić information content (AvgIpc) is 3.18. The molecule has 0 saturated heterocycles. The van der Waals surface area contributed by atoms with E-state index < -0.39 is 5.97 Å². The minimum absolute atomic E-state index is 0.316. The minimum atomic E-state index is -0.676. The number of H-pyrrole nitrogens is 1. The Hall–Kier alpha value is -2.17. The van der Waals surface area contributed by atoms with Gasteiger partial charge in [-0.25, -0.2) is 4.98 Å². The molecule has 5 heteroatoms. The Morgan fingerprint density at radius 2 is 1.30 bits per heavy atom. The molecule has 0 fully saturated rings. The van der Waals surface area contributed by atoms with E-state index >= 15 is 0 Å². The van der Waals surface area contributed by atoms with Crippen molar-refractivity contribution in [2.45, 2.75) is 103 Å². The van der Waals surface area contributed by atoms with Crippen LogP contribution in [0.3, 0.4) is 0 Å². The fourth-order valence-electron chi connectivity index (χ4n) is 3.95. The maximum atomic E-state index is 12.2. The van der Waals surface area contributed by atoms with Crippen molar-refractivity contribution >= 4 is 22.8 Å². The van der Waals surface area contributed by atoms with E-state index in [0.29, 0.717) is 25.0 Å². The number of hydrogen-bond acceptors (Lipinski definition) is 3. The molecular weight excluding hydrogens is 376 g/mol. The molecule has 30 heavy (non-hydrogen) atoms. The first-order valence-corrected chi connectivity index (χ1v) is 11.8. The topological polar surface area (TPSA) is 83.0 Å². The normalized spacial score (nSPS) is 11.2. The lowest BCUT2D eigenvalue weighted by molar-refractivity contribution is -0.137. The predicted molar refractivity (Wildman–Crippen MR) is 122 cm³/mol. The molecule has 0 aliphatic carbocycles. The molecule has 2 aromatic rings. The first-order valence-electron chi connectivity index (χ1n) is 11.8. The van der Waals surface area contributed by atoms with Gasteiger partial charge in [-0.3, -0.25) is 9.59 Å². The smallest absolute Gasteiger partial charge is 0.303 e. The summed E-state index contributed by atoms with van der Waals surface area (Å²) in [5.41, 5.74) is 3.01. The molecule has 5 nitrogen and oxygen atoms in total. The highest BCUT2D eigenvalue weighted by Crippen LogP contribution is 2.15. The molecule has 0 atom stereocenters. The number of Topliss-reactive ketones (excluding diaryl/α,β-unsaturated/α-hetero) is 1. The molecular formula is C25H38N2O3. The predicted octanol–water partition coefficient (Wildman–Crippen LogP) is 6.61. The zero-order chi connectivity index (χ0) is 21.4. The van der Waals surface area contributed by atoms with Gasteiger partial charge in [0.25, 0.3) is 0 Å². The molecule has 0 radical (unpaired) electrons. The van der Waals surface area contributed by atoms with Crippen LogP contribution in [0.1, 0.15) is 102 Å². The lowest BCUT2D eigenvalue weighted by atomic mass is 10.0. The second kappa shape index (κ2) is 14.8. The van der Waals surface area contributed by atoms with Crippen LogP contribution in [0.15, 0.2) is 24.5 Å². The highest BCUT2D eigenvalue weighted by molar-refractivity contribution is 5.83. The molecule has 0 bridgehead atoms. The number of aromatic amines is 1. The third-order valence-corrected chi connectivity index (χ3v) is 5.73. The Morgan fingerprint density at radius 1 is 0.767 bits per heavy atom. The Labute approximate surface area is 180 Å². The number of aromatic nitrogens is 2. The molecule has 1 heterocycles. The van der Waals surface area contributed by atoms with Crippen LogP contribution in [-0.4, -0.2) is 26.8 Å². The van der Waals surface area contributed by atoms with Crippen LogP contribution in [0.4, 0.5) is 0 Å². The quantitative estimate of drug-likeness (QED) is 0.269. The largest absolute Gasteiger partial charge is 0.481 e. The average molecular weight is 415 g/mol. The van der Waals surface area contributed by atoms with Crippen molar-refractivity contribution in [2.75, 3.05) is 0 Å². The Bertz CT molecular complexity index is 754. The molecule has 0 amide bonds. The number of benzene rings is 1. The van der Waals surface area contributed by atoms with Gasteiger partial charge < -0.3 is 10.1 Å². The summed E-state index contributed by atoms with van der Waals surface area (Å²) in [7, 11) is 0. The number of nitrogens with one attached hydrogen (secondary N) is 1. The van der Waals surface area contributed by atoms with Crippen LogP contribution in [0.2, 0.25) is 0 Å². The fourth-order valence-corrected chi connectivity index (χ4v) is 3.95. The molecule has 2 N–H and O–H groups in total. The van der Waals surface area contributed by atoms with Gasteiger partial charge in [-0.05, 0) is 30.5 Å². The summed E-state index contributed by atoms with van der Waals surface area (Å²) >= 11 is 0. The van der Waals surface area contributed by atoms with Crippen LogP contribution in [0, 0.1) is 0 Å². The number of carbonyl (C=O) groups is 2. The first-order chi connectivity index (χ1) is 14.6. The summed E-state index contributed by atoms with van der Waals surface area (Å²) in [6.07, 6.45) is 18.7. The SMILES string of the molecule is O=C(O)CCCCCCCCCCCCCCCC(=O)Cc1ccc2nc[nH]c2c1. The summed E-state index contributed by atoms with van der Waals surface area (Å²) in [5.74, 6) is -0.345. The van der Waals surface area contributed by atoms with Gasteiger partial charge in [-0.2, -0.15) is 0 Å². The van der Waals surface area contributed by atoms with Crippen molar-refractivity contribution in [1.29, 1.82) is 0 Å². The Morgan fingerprint density at radius 3 is 1.87 bits per heavy atom. The standard InChI is InChI=1S/C25H38N2O3/c28-22(18-21-16-17-23-24(19-21)27-20-26-23)14-12-10-8-6-4-2-1-3-5-7-9-11-13-15-25(29)30/h16-17,19-20H,1-15,18H2,(H,26,27)(H,29,30). The summed E-state index contributed by atoms with van der Waals surface area (Å²) < 4.78 is 0. The fraction of sp³-hybridized carbons (Fsp3) is 0.640. The third kappa shape index (κ3) is 10.6. The van der Waals surface area contributed by atoms with Gasteiger partial charge in [-0.15, -0.1) is 0 Å². The van der Waals surface area contributed by atoms with E-state index in [2.05, 4.69) is 9.97 Å². The van der Waals surface area contributed by atoms with Crippen LogP contribution >= 0.6 is 0 Å². The van der Waals surface area contributed by atoms with Crippen molar-refractivity contribution in [1.82, 2.24) is 9.97 Å². The van der Waals surface area contributed by atoms with Gasteiger partial charge in [0.15, 0.2) is 0 Å². The number of nitrogens with zero attached hydrogens (tertiary/aromatic N) is 1. The molecule has 0 spiro atoms. The van der Waals surface area contributed by atoms with Gasteiger partial charge in [0.1, 0.15) is 5.78 Å². The molecule has 1 aromatic carbocycles. The third-order valence-electron chi connectivity index (χ3n) is 5.73. The van der Waals surface area contributed by atoms with Gasteiger partial charge in [-0.1, -0.05) is 76.7 Å². The van der Waals surface area contributed by atoms with Gasteiger partial charge >= 0.3 is 5.97 Å². The minimum Gasteiger partial charge on any atom is -0.481 e. The van der Waals surface area contributed by atoms with Gasteiger partial charge in [0.2, 0.25) is 0 Å². The lowest BCUT2D eigenvalue weighted by Gasteiger charge is -2.04. The highest BCUT2D eigenvalue weighted by Gasteiger charge is 2.05. The zero-order valence-corrected chi connectivity index (χ0v) is 18.3. The second-order valence-electron chi connectivity index (χ2n) is 8.46. The monoisotopic (exact) mass is 414 g/mol. The number of aliphatic carboxylic acids is 1. The zero-order valence-electron chi connectivity index (χ0n) is 18.3. The van der Waals surface area contributed by atoms with E-state index in [9.17, 15) is 9.59 Å². The van der Waals surface area contributed by atoms with Crippen molar-refractivity contribution < 1.29 is 14.7 Å². The molecule has 1 aromatic heterocycles. The van der Waals surface area contributed by atoms with Crippen molar-refractivity contribution in [3.8, 4) is 0 Å². The summed E-state index contributed by atoms with van der Waals surface area (Å²) in [4.78, 5) is 29.9. The van der Waals surface area contributed by atoms with Crippen molar-refractivity contribution in [3.63, 3.8) is 0 Å². The number of carboxylic acids is 1. The molecule has 166 valence electrons. The summed E-state index contributed by atoms with van der Waals surface area (Å²) in [5, 5.41) is 8.59. The number of imidazole rings is 1. The maximum absolute atomic E-state index is 12.2. The number of carbonyl (C=O) groups excluding carboxylic acids is 1. The van der Waals surface area contributed by atoms with E-state index in [4.69, 9.17) is 5.11 Å². The van der Waals surface area contributed by atoms with E-state index in [1.807, 2.05) is 18.2 Å². The first kappa shape index (κ1) is 24.1. The molecule has 2 rings (SSSR count). The molecule has 0 aliphatic rings. The second-order valence-corrected chi connectivity index (χ2v) is 8.46. The maximum Gasteiger partial charge on any atom is 0.303 e. The van der Waals surface area contributed by atoms with Gasteiger partial charge in [0.05, 0.1) is 17.4 Å². The summed E-state index contributed by atoms with van der Waals surface area (Å²) in [6, 6.07) is 6.00. The number of rotatable bonds is 18. The number of hydrogen-bond donors (Lipinski definition) is 2. The van der Waals surface area contributed by atoms with Crippen LogP contribution in [0.25, 0.3) is 11.0 Å². The van der Waals surface area contributed by atoms with E-state index in [1.165, 1.54) is 57.8 Å². The molecule has 0 unspecified atom stereocenters. The highest BCUT2D eigenvalue weighted by atomic mass is 16.4. The van der Waals surface area contributed by atoms with Crippen LogP contribution < -0.4 is 0 Å². The van der Waals surface area contributed by atoms with Gasteiger partial charge in [0, 0.05) is 19.3 Å². The van der Waals surface area contributed by atoms with Crippen LogP contribution in [0.5, 0.6) is 0 Å². The lowest BCUT2D eigenvalue weighted by Crippen LogP contribution is -2.02. The van der Waals surface area contributed by atoms with E-state index in [1.54, 1.807) is 6.33 Å². The number of fused-ring (bicyclic) bond motifs is 1. The van der Waals surface area contributed by atoms with Crippen molar-refractivity contribution in [2.24, 2.45) is 0 Å². The Kier molecular flexibility index (Phi) is 11.9. The van der Waals surface area contributed by atoms with Crippen molar-refractivity contribution in [3.05, 3.63) is 30.1 Å².